The molecule has 3 nitrogen and oxygen atoms in total. The monoisotopic (exact) mass is 326 g/mol. The maximum absolute atomic E-state index is 9.76. The number of aliphatic hydroxyl groups is 1. The molecule has 0 aliphatic carbocycles. The molecule has 0 fully saturated rings. The number of aromatic nitrogens is 1. The molecule has 23 heavy (non-hydrogen) atoms. The minimum atomic E-state index is -0.300. The highest BCUT2D eigenvalue weighted by atomic mass is 32.1. The van der Waals surface area contributed by atoms with Crippen LogP contribution in [0.1, 0.15) is 30.4 Å². The van der Waals surface area contributed by atoms with Gasteiger partial charge in [0.25, 0.3) is 0 Å². The van der Waals surface area contributed by atoms with Gasteiger partial charge >= 0.3 is 0 Å². The number of fused-ring (bicyclic) bond motifs is 1. The third kappa shape index (κ3) is 4.38. The second-order valence-corrected chi connectivity index (χ2v) is 6.92. The first-order valence-corrected chi connectivity index (χ1v) is 8.86. The number of nitrogens with zero attached hydrogens (tertiary/aromatic N) is 1. The minimum absolute atomic E-state index is 0.300. The van der Waals surface area contributed by atoms with Gasteiger partial charge < -0.3 is 10.4 Å². The summed E-state index contributed by atoms with van der Waals surface area (Å²) in [5, 5.41) is 15.3. The van der Waals surface area contributed by atoms with Crippen LogP contribution in [0.5, 0.6) is 0 Å². The summed E-state index contributed by atoms with van der Waals surface area (Å²) in [6, 6.07) is 14.6. The number of hydrogen-bond acceptors (Lipinski definition) is 4. The van der Waals surface area contributed by atoms with Gasteiger partial charge in [0, 0.05) is 19.3 Å². The van der Waals surface area contributed by atoms with Crippen molar-refractivity contribution in [2.45, 2.75) is 31.9 Å². The van der Waals surface area contributed by atoms with Crippen LogP contribution in [-0.2, 0) is 6.54 Å². The summed E-state index contributed by atoms with van der Waals surface area (Å²) in [5.41, 5.74) is 3.53. The van der Waals surface area contributed by atoms with Gasteiger partial charge in [0.2, 0.25) is 0 Å². The van der Waals surface area contributed by atoms with Crippen LogP contribution < -0.4 is 5.32 Å². The van der Waals surface area contributed by atoms with Crippen LogP contribution in [0.4, 0.5) is 0 Å². The fourth-order valence-corrected chi connectivity index (χ4v) is 3.65. The Morgan fingerprint density at radius 2 is 2.04 bits per heavy atom. The van der Waals surface area contributed by atoms with Gasteiger partial charge in [0.1, 0.15) is 0 Å². The van der Waals surface area contributed by atoms with Crippen LogP contribution in [0.3, 0.4) is 0 Å². The smallest absolute Gasteiger partial charge is 0.0809 e. The molecule has 2 aromatic heterocycles. The summed E-state index contributed by atoms with van der Waals surface area (Å²) in [7, 11) is 0. The molecule has 2 atom stereocenters. The second-order valence-electron chi connectivity index (χ2n) is 5.97. The normalized spacial score (nSPS) is 14.0. The van der Waals surface area contributed by atoms with Crippen LogP contribution in [-0.4, -0.2) is 22.7 Å². The molecule has 0 bridgehead atoms. The zero-order valence-corrected chi connectivity index (χ0v) is 14.1. The molecule has 2 unspecified atom stereocenters. The molecule has 0 aliphatic rings. The number of pyridine rings is 1. The Kier molecular flexibility index (Phi) is 5.39. The van der Waals surface area contributed by atoms with Crippen molar-refractivity contribution < 1.29 is 5.11 Å². The van der Waals surface area contributed by atoms with Crippen LogP contribution in [0, 0.1) is 0 Å². The Morgan fingerprint density at radius 3 is 2.83 bits per heavy atom. The fourth-order valence-electron chi connectivity index (χ4n) is 2.85. The van der Waals surface area contributed by atoms with E-state index in [1.54, 1.807) is 11.3 Å². The number of hydrogen-bond donors (Lipinski definition) is 2. The first-order chi connectivity index (χ1) is 11.2. The van der Waals surface area contributed by atoms with Crippen molar-refractivity contribution in [3.05, 3.63) is 65.2 Å². The highest BCUT2D eigenvalue weighted by Gasteiger charge is 2.13. The van der Waals surface area contributed by atoms with E-state index in [0.717, 1.165) is 25.0 Å². The van der Waals surface area contributed by atoms with E-state index in [0.29, 0.717) is 5.92 Å². The van der Waals surface area contributed by atoms with Crippen molar-refractivity contribution >= 4 is 21.6 Å². The number of rotatable bonds is 7. The molecule has 0 aliphatic heterocycles. The van der Waals surface area contributed by atoms with Gasteiger partial charge in [-0.25, -0.2) is 0 Å². The van der Waals surface area contributed by atoms with Gasteiger partial charge in [0.15, 0.2) is 0 Å². The van der Waals surface area contributed by atoms with Crippen molar-refractivity contribution in [1.82, 2.24) is 10.3 Å². The molecule has 3 aromatic rings. The largest absolute Gasteiger partial charge is 0.393 e. The Labute approximate surface area is 141 Å². The lowest BCUT2D eigenvalue weighted by Gasteiger charge is -2.19. The Hall–Kier alpha value is -1.75. The number of thiophene rings is 1. The predicted octanol–water partition coefficient (Wildman–Crippen LogP) is 3.94. The molecule has 0 radical (unpaired) electrons. The van der Waals surface area contributed by atoms with E-state index >= 15 is 0 Å². The molecule has 2 heterocycles. The average molecular weight is 326 g/mol. The number of aliphatic hydroxyl groups excluding tert-OH is 1. The molecule has 2 N–H and O–H groups in total. The summed E-state index contributed by atoms with van der Waals surface area (Å²) in [5.74, 6) is 0.314. The molecule has 0 spiro atoms. The van der Waals surface area contributed by atoms with Gasteiger partial charge in [-0.05, 0) is 47.9 Å². The first-order valence-electron chi connectivity index (χ1n) is 7.98. The van der Waals surface area contributed by atoms with E-state index in [4.69, 9.17) is 0 Å². The van der Waals surface area contributed by atoms with E-state index < -0.39 is 0 Å². The van der Waals surface area contributed by atoms with Crippen LogP contribution in [0.2, 0.25) is 0 Å². The van der Waals surface area contributed by atoms with Gasteiger partial charge in [-0.1, -0.05) is 30.3 Å². The standard InChI is InChI=1S/C19H22N2OS/c1-14(22)9-17(16-5-3-2-4-6-16)13-20-11-15-10-19-18(21-12-15)7-8-23-19/h2-8,10,12,14,17,20,22H,9,11,13H2,1H3. The van der Waals surface area contributed by atoms with E-state index in [1.807, 2.05) is 25.3 Å². The minimum Gasteiger partial charge on any atom is -0.393 e. The zero-order valence-electron chi connectivity index (χ0n) is 13.3. The number of benzene rings is 1. The Bertz CT molecular complexity index is 739. The zero-order chi connectivity index (χ0) is 16.1. The van der Waals surface area contributed by atoms with Crippen LogP contribution >= 0.6 is 11.3 Å². The third-order valence-electron chi connectivity index (χ3n) is 3.98. The highest BCUT2D eigenvalue weighted by Crippen LogP contribution is 2.22. The summed E-state index contributed by atoms with van der Waals surface area (Å²) in [6.07, 6.45) is 2.40. The van der Waals surface area contributed by atoms with Gasteiger partial charge in [-0.3, -0.25) is 4.98 Å². The molecule has 0 saturated carbocycles. The maximum atomic E-state index is 9.76. The molecule has 4 heteroatoms. The topological polar surface area (TPSA) is 45.1 Å². The average Bonchev–Trinajstić information content (AvgIpc) is 3.02. The quantitative estimate of drug-likeness (QED) is 0.691. The second kappa shape index (κ2) is 7.68. The van der Waals surface area contributed by atoms with E-state index in [9.17, 15) is 5.11 Å². The molecular formula is C19H22N2OS. The van der Waals surface area contributed by atoms with Gasteiger partial charge in [0.05, 0.1) is 16.3 Å². The van der Waals surface area contributed by atoms with Crippen LogP contribution in [0.25, 0.3) is 10.2 Å². The van der Waals surface area contributed by atoms with Gasteiger partial charge in [-0.2, -0.15) is 0 Å². The van der Waals surface area contributed by atoms with E-state index in [-0.39, 0.29) is 6.10 Å². The lowest BCUT2D eigenvalue weighted by Crippen LogP contribution is -2.23. The molecule has 3 rings (SSSR count). The molecular weight excluding hydrogens is 304 g/mol. The molecule has 0 saturated heterocycles. The molecule has 120 valence electrons. The van der Waals surface area contributed by atoms with Crippen molar-refractivity contribution in [3.63, 3.8) is 0 Å². The summed E-state index contributed by atoms with van der Waals surface area (Å²) in [6.45, 7) is 3.49. The SMILES string of the molecule is CC(O)CC(CNCc1cnc2ccsc2c1)c1ccccc1. The van der Waals surface area contributed by atoms with Crippen molar-refractivity contribution in [2.24, 2.45) is 0 Å². The van der Waals surface area contributed by atoms with Crippen molar-refractivity contribution in [2.75, 3.05) is 6.54 Å². The lowest BCUT2D eigenvalue weighted by molar-refractivity contribution is 0.173. The lowest BCUT2D eigenvalue weighted by atomic mass is 9.93. The number of nitrogens with one attached hydrogen (secondary N) is 1. The third-order valence-corrected chi connectivity index (χ3v) is 4.83. The summed E-state index contributed by atoms with van der Waals surface area (Å²) in [4.78, 5) is 4.48. The fraction of sp³-hybridized carbons (Fsp3) is 0.316. The van der Waals surface area contributed by atoms with Crippen molar-refractivity contribution in [1.29, 1.82) is 0 Å². The predicted molar refractivity (Wildman–Crippen MR) is 96.8 cm³/mol. The van der Waals surface area contributed by atoms with Crippen molar-refractivity contribution in [3.8, 4) is 0 Å². The maximum Gasteiger partial charge on any atom is 0.0809 e. The van der Waals surface area contributed by atoms with Crippen LogP contribution in [0.15, 0.2) is 54.0 Å². The highest BCUT2D eigenvalue weighted by molar-refractivity contribution is 7.17. The first kappa shape index (κ1) is 16.1. The Balaban J connectivity index is 1.62. The molecule has 1 aromatic carbocycles. The molecule has 0 amide bonds. The van der Waals surface area contributed by atoms with E-state index in [2.05, 4.69) is 46.0 Å². The van der Waals surface area contributed by atoms with E-state index in [1.165, 1.54) is 15.8 Å². The summed E-state index contributed by atoms with van der Waals surface area (Å²) >= 11 is 1.72. The Morgan fingerprint density at radius 1 is 1.22 bits per heavy atom. The summed E-state index contributed by atoms with van der Waals surface area (Å²) < 4.78 is 1.23. The van der Waals surface area contributed by atoms with Gasteiger partial charge in [-0.15, -0.1) is 11.3 Å².